The summed E-state index contributed by atoms with van der Waals surface area (Å²) in [5, 5.41) is 11.4. The van der Waals surface area contributed by atoms with Gasteiger partial charge in [0.2, 0.25) is 0 Å². The Balaban J connectivity index is 1.08. The summed E-state index contributed by atoms with van der Waals surface area (Å²) in [7, 11) is -1.97. The maximum absolute atomic E-state index is 2.69. The molecule has 0 nitrogen and oxygen atoms in total. The fourth-order valence-electron chi connectivity index (χ4n) is 13.0. The fraction of sp³-hybridized carbons (Fsp3) is 0.206. The zero-order valence-corrected chi connectivity index (χ0v) is 38.3. The zero-order chi connectivity index (χ0) is 42.7. The quantitative estimate of drug-likeness (QED) is 0.0920. The molecule has 3 unspecified atom stereocenters. The Labute approximate surface area is 379 Å². The zero-order valence-electron chi connectivity index (χ0n) is 37.3. The molecule has 1 heterocycles. The van der Waals surface area contributed by atoms with Gasteiger partial charge in [-0.15, -0.1) is 0 Å². The Morgan fingerprint density at radius 1 is 0.516 bits per heavy atom. The second kappa shape index (κ2) is 14.6. The molecule has 0 amide bonds. The van der Waals surface area contributed by atoms with Crippen LogP contribution in [0.2, 0.25) is 13.1 Å². The minimum Gasteiger partial charge on any atom is -0.0882 e. The third-order valence-electron chi connectivity index (χ3n) is 16.3. The lowest BCUT2D eigenvalue weighted by molar-refractivity contribution is 0.291. The molecule has 0 radical (unpaired) electrons. The molecule has 7 aromatic rings. The fourth-order valence-corrected chi connectivity index (χ4v) is 16.1. The van der Waals surface area contributed by atoms with Gasteiger partial charge in [-0.1, -0.05) is 178 Å². The van der Waals surface area contributed by atoms with Crippen molar-refractivity contribution in [2.24, 2.45) is 17.8 Å². The summed E-state index contributed by atoms with van der Waals surface area (Å²) >= 11 is 0. The third kappa shape index (κ3) is 5.72. The van der Waals surface area contributed by atoms with Crippen molar-refractivity contribution in [3.8, 4) is 44.5 Å². The van der Waals surface area contributed by atoms with Crippen molar-refractivity contribution in [2.75, 3.05) is 0 Å². The predicted octanol–water partition coefficient (Wildman–Crippen LogP) is 16.2. The molecule has 13 rings (SSSR count). The van der Waals surface area contributed by atoms with E-state index in [1.165, 1.54) is 123 Å². The molecule has 7 aromatic carbocycles. The number of hydrogen-bond donors (Lipinski definition) is 0. The maximum atomic E-state index is 2.69. The Morgan fingerprint density at radius 2 is 1.25 bits per heavy atom. The van der Waals surface area contributed by atoms with Gasteiger partial charge in [0.25, 0.3) is 0 Å². The van der Waals surface area contributed by atoms with Crippen molar-refractivity contribution in [3.05, 3.63) is 192 Å². The number of fused-ring (bicyclic) bond motifs is 8. The molecule has 0 fully saturated rings. The first-order valence-electron chi connectivity index (χ1n) is 24.1. The molecule has 64 heavy (non-hydrogen) atoms. The second-order valence-corrected chi connectivity index (χ2v) is 24.4. The van der Waals surface area contributed by atoms with Crippen LogP contribution < -0.4 is 10.4 Å². The van der Waals surface area contributed by atoms with Crippen molar-refractivity contribution in [1.29, 1.82) is 0 Å². The Kier molecular flexibility index (Phi) is 8.73. The molecule has 0 saturated heterocycles. The molecule has 0 saturated carbocycles. The van der Waals surface area contributed by atoms with Crippen LogP contribution in [0, 0.1) is 17.8 Å². The SMILES string of the molecule is CC1C=CCCC1C1C=CC(c2c3cc(-c4ccc5c6c(cccc46)-c4ccccc4-5)ccc3c(C3=CC=C(C4=CC=CCC4)CC3)c3cc4c(cc23)[Si](C)(C)c2ccccc2-4)=CC1. The molecule has 1 aliphatic heterocycles. The normalized spacial score (nSPS) is 21.4. The van der Waals surface area contributed by atoms with E-state index in [4.69, 9.17) is 0 Å². The Morgan fingerprint density at radius 3 is 2.03 bits per heavy atom. The lowest BCUT2D eigenvalue weighted by atomic mass is 9.73. The first kappa shape index (κ1) is 38.2. The summed E-state index contributed by atoms with van der Waals surface area (Å²) in [4.78, 5) is 0. The lowest BCUT2D eigenvalue weighted by Gasteiger charge is -2.32. The highest BCUT2D eigenvalue weighted by Gasteiger charge is 2.38. The molecule has 5 aliphatic carbocycles. The van der Waals surface area contributed by atoms with E-state index in [9.17, 15) is 0 Å². The maximum Gasteiger partial charge on any atom is 0.113 e. The Bertz CT molecular complexity index is 3380. The van der Waals surface area contributed by atoms with Crippen molar-refractivity contribution >= 4 is 61.9 Å². The number of benzene rings is 7. The van der Waals surface area contributed by atoms with E-state index < -0.39 is 8.07 Å². The molecular formula is C63H54Si. The van der Waals surface area contributed by atoms with Crippen molar-refractivity contribution in [2.45, 2.75) is 65.0 Å². The highest BCUT2D eigenvalue weighted by molar-refractivity contribution is 7.04. The molecular weight excluding hydrogens is 785 g/mol. The van der Waals surface area contributed by atoms with Gasteiger partial charge in [0, 0.05) is 0 Å². The van der Waals surface area contributed by atoms with E-state index in [0.717, 1.165) is 32.1 Å². The third-order valence-corrected chi connectivity index (χ3v) is 19.9. The van der Waals surface area contributed by atoms with Crippen molar-refractivity contribution in [1.82, 2.24) is 0 Å². The van der Waals surface area contributed by atoms with Crippen LogP contribution in [0.15, 0.2) is 181 Å². The van der Waals surface area contributed by atoms with E-state index in [2.05, 4.69) is 190 Å². The largest absolute Gasteiger partial charge is 0.113 e. The summed E-state index contributed by atoms with van der Waals surface area (Å²) < 4.78 is 0. The van der Waals surface area contributed by atoms with Gasteiger partial charge in [0.1, 0.15) is 8.07 Å². The number of hydrogen-bond acceptors (Lipinski definition) is 0. The van der Waals surface area contributed by atoms with Crippen LogP contribution in [0.25, 0.3) is 88.0 Å². The lowest BCUT2D eigenvalue weighted by Crippen LogP contribution is -2.49. The summed E-state index contributed by atoms with van der Waals surface area (Å²) in [6, 6.07) is 42.9. The molecule has 3 atom stereocenters. The first-order valence-corrected chi connectivity index (χ1v) is 27.1. The summed E-state index contributed by atoms with van der Waals surface area (Å²) in [6.45, 7) is 7.58. The minimum atomic E-state index is -1.97. The number of allylic oxidation sites excluding steroid dienone is 14. The van der Waals surface area contributed by atoms with Crippen LogP contribution in [0.5, 0.6) is 0 Å². The average molecular weight is 839 g/mol. The van der Waals surface area contributed by atoms with Gasteiger partial charge in [0.05, 0.1) is 0 Å². The van der Waals surface area contributed by atoms with Crippen LogP contribution in [-0.4, -0.2) is 8.07 Å². The predicted molar refractivity (Wildman–Crippen MR) is 279 cm³/mol. The molecule has 0 N–H and O–H groups in total. The monoisotopic (exact) mass is 838 g/mol. The van der Waals surface area contributed by atoms with E-state index in [0.29, 0.717) is 17.8 Å². The summed E-state index contributed by atoms with van der Waals surface area (Å²) in [5.41, 5.74) is 19.6. The van der Waals surface area contributed by atoms with E-state index in [1.54, 1.807) is 10.4 Å². The highest BCUT2D eigenvalue weighted by atomic mass is 28.3. The smallest absolute Gasteiger partial charge is 0.0882 e. The first-order chi connectivity index (χ1) is 31.4. The van der Waals surface area contributed by atoms with E-state index in [1.807, 2.05) is 0 Å². The summed E-state index contributed by atoms with van der Waals surface area (Å²) in [6.07, 6.45) is 32.4. The van der Waals surface area contributed by atoms with Gasteiger partial charge in [-0.2, -0.15) is 0 Å². The molecule has 1 heteroatoms. The van der Waals surface area contributed by atoms with E-state index in [-0.39, 0.29) is 0 Å². The van der Waals surface area contributed by atoms with Crippen LogP contribution in [0.1, 0.15) is 63.0 Å². The second-order valence-electron chi connectivity index (χ2n) is 20.0. The van der Waals surface area contributed by atoms with Gasteiger partial charge >= 0.3 is 0 Å². The molecule has 0 aromatic heterocycles. The van der Waals surface area contributed by atoms with Crippen LogP contribution in [0.3, 0.4) is 0 Å². The van der Waals surface area contributed by atoms with Crippen molar-refractivity contribution < 1.29 is 0 Å². The minimum absolute atomic E-state index is 0.571. The molecule has 0 bridgehead atoms. The van der Waals surface area contributed by atoms with Gasteiger partial charge in [0.15, 0.2) is 0 Å². The highest BCUT2D eigenvalue weighted by Crippen LogP contribution is 2.51. The molecule has 6 aliphatic rings. The van der Waals surface area contributed by atoms with Gasteiger partial charge < -0.3 is 0 Å². The van der Waals surface area contributed by atoms with Crippen molar-refractivity contribution in [3.63, 3.8) is 0 Å². The topological polar surface area (TPSA) is 0 Å². The van der Waals surface area contributed by atoms with Gasteiger partial charge in [-0.05, 0) is 195 Å². The van der Waals surface area contributed by atoms with Gasteiger partial charge in [-0.25, -0.2) is 0 Å². The Hall–Kier alpha value is -6.28. The van der Waals surface area contributed by atoms with Crippen LogP contribution in [-0.2, 0) is 0 Å². The molecule has 310 valence electrons. The van der Waals surface area contributed by atoms with Gasteiger partial charge in [-0.3, -0.25) is 0 Å². The molecule has 0 spiro atoms. The number of rotatable bonds is 5. The van der Waals surface area contributed by atoms with Crippen LogP contribution >= 0.6 is 0 Å². The summed E-state index contributed by atoms with van der Waals surface area (Å²) in [5.74, 6) is 1.89. The van der Waals surface area contributed by atoms with E-state index >= 15 is 0 Å². The standard InChI is InChI=1S/C63H54Si/c1-39-14-7-8-17-46(39)42-26-30-44(31-27-42)62-56-36-45(47-34-35-53-49-19-10-9-18-48(49)52-22-13-21-51(47)63(52)53)32-33-54(56)61(43-28-24-41(25-29-43)40-15-5-4-6-16-40)57-37-55-50-20-11-12-23-59(50)64(2,3)60(55)38-58(57)62/h4-5,7,9-15,18-24,26,28,30-39,42,46H,6,8,16-17,25,27,29H2,1-3H3. The average Bonchev–Trinajstić information content (AvgIpc) is 3.79. The van der Waals surface area contributed by atoms with Crippen LogP contribution in [0.4, 0.5) is 0 Å².